The van der Waals surface area contributed by atoms with E-state index >= 15 is 0 Å². The molecule has 0 aliphatic rings. The minimum Gasteiger partial charge on any atom is -0.497 e. The molecule has 0 saturated heterocycles. The Bertz CT molecular complexity index is 651. The van der Waals surface area contributed by atoms with Crippen molar-refractivity contribution in [2.24, 2.45) is 4.99 Å². The summed E-state index contributed by atoms with van der Waals surface area (Å²) in [5, 5.41) is 9.95. The van der Waals surface area contributed by atoms with E-state index in [9.17, 15) is 0 Å². The highest BCUT2D eigenvalue weighted by Gasteiger charge is 2.00. The van der Waals surface area contributed by atoms with Crippen LogP contribution in [0.2, 0.25) is 0 Å². The monoisotopic (exact) mass is 469 g/mol. The van der Waals surface area contributed by atoms with Crippen molar-refractivity contribution in [2.75, 3.05) is 32.6 Å². The highest BCUT2D eigenvalue weighted by Crippen LogP contribution is 2.12. The van der Waals surface area contributed by atoms with Crippen LogP contribution in [0.25, 0.3) is 0 Å². The number of unbranched alkanes of at least 4 members (excludes halogenated alkanes) is 1. The Hall–Kier alpha value is -2.03. The molecule has 2 aromatic rings. The molecule has 0 spiro atoms. The third-order valence-electron chi connectivity index (χ3n) is 3.68. The summed E-state index contributed by atoms with van der Waals surface area (Å²) in [6, 6.07) is 13.9. The molecule has 0 amide bonds. The Morgan fingerprint density at radius 1 is 1.08 bits per heavy atom. The van der Waals surface area contributed by atoms with Crippen LogP contribution in [0.15, 0.2) is 53.7 Å². The lowest BCUT2D eigenvalue weighted by Crippen LogP contribution is -2.37. The van der Waals surface area contributed by atoms with Gasteiger partial charge in [-0.1, -0.05) is 18.2 Å². The second-order valence-corrected chi connectivity index (χ2v) is 5.55. The van der Waals surface area contributed by atoms with Crippen molar-refractivity contribution in [3.05, 3.63) is 54.2 Å². The largest absolute Gasteiger partial charge is 0.497 e. The van der Waals surface area contributed by atoms with Gasteiger partial charge in [-0.05, 0) is 42.7 Å². The summed E-state index contributed by atoms with van der Waals surface area (Å²) in [5.41, 5.74) is 1.15. The van der Waals surface area contributed by atoms with Gasteiger partial charge in [-0.25, -0.2) is 4.98 Å². The number of benzene rings is 1. The number of halogens is 1. The summed E-state index contributed by atoms with van der Waals surface area (Å²) in [6.07, 6.45) is 3.91. The molecule has 1 aromatic heterocycles. The van der Waals surface area contributed by atoms with E-state index in [0.717, 1.165) is 49.0 Å². The Kier molecular flexibility index (Phi) is 11.2. The third-order valence-corrected chi connectivity index (χ3v) is 3.68. The number of pyridine rings is 1. The number of aromatic nitrogens is 1. The molecule has 0 bridgehead atoms. The number of hydrogen-bond donors (Lipinski definition) is 3. The lowest BCUT2D eigenvalue weighted by molar-refractivity contribution is 0.414. The van der Waals surface area contributed by atoms with E-state index in [1.807, 2.05) is 36.4 Å². The van der Waals surface area contributed by atoms with E-state index < -0.39 is 0 Å². The number of hydrogen-bond acceptors (Lipinski definition) is 4. The zero-order chi connectivity index (χ0) is 17.7. The van der Waals surface area contributed by atoms with Gasteiger partial charge in [-0.2, -0.15) is 0 Å². The van der Waals surface area contributed by atoms with E-state index in [1.54, 1.807) is 20.4 Å². The third kappa shape index (κ3) is 8.37. The van der Waals surface area contributed by atoms with Gasteiger partial charge in [0.1, 0.15) is 11.6 Å². The Labute approximate surface area is 172 Å². The number of rotatable bonds is 9. The van der Waals surface area contributed by atoms with E-state index in [-0.39, 0.29) is 24.0 Å². The number of nitrogens with zero attached hydrogens (tertiary/aromatic N) is 2. The van der Waals surface area contributed by atoms with Crippen molar-refractivity contribution < 1.29 is 4.74 Å². The van der Waals surface area contributed by atoms with Gasteiger partial charge in [0, 0.05) is 32.9 Å². The zero-order valence-corrected chi connectivity index (χ0v) is 17.7. The van der Waals surface area contributed by atoms with Crippen LogP contribution in [0.4, 0.5) is 5.82 Å². The molecule has 6 nitrogen and oxygen atoms in total. The minimum atomic E-state index is 0. The summed E-state index contributed by atoms with van der Waals surface area (Å²) in [5.74, 6) is 2.59. The summed E-state index contributed by atoms with van der Waals surface area (Å²) >= 11 is 0. The maximum Gasteiger partial charge on any atom is 0.191 e. The molecule has 0 aliphatic carbocycles. The van der Waals surface area contributed by atoms with Gasteiger partial charge >= 0.3 is 0 Å². The lowest BCUT2D eigenvalue weighted by atomic mass is 10.2. The summed E-state index contributed by atoms with van der Waals surface area (Å²) in [7, 11) is 3.46. The molecule has 1 heterocycles. The fraction of sp³-hybridized carbons (Fsp3) is 0.368. The van der Waals surface area contributed by atoms with Crippen LogP contribution in [-0.4, -0.2) is 38.2 Å². The number of nitrogens with one attached hydrogen (secondary N) is 3. The number of guanidine groups is 1. The summed E-state index contributed by atoms with van der Waals surface area (Å²) in [4.78, 5) is 8.49. The van der Waals surface area contributed by atoms with Crippen LogP contribution < -0.4 is 20.7 Å². The van der Waals surface area contributed by atoms with E-state index in [2.05, 4.69) is 32.0 Å². The highest BCUT2D eigenvalue weighted by atomic mass is 127. The number of aliphatic imine (C=N–C) groups is 1. The molecule has 0 aliphatic heterocycles. The fourth-order valence-electron chi connectivity index (χ4n) is 2.33. The number of anilines is 1. The second-order valence-electron chi connectivity index (χ2n) is 5.55. The standard InChI is InChI=1S/C19H27N5O.HI/c1-20-19(24-15-16-8-7-9-17(14-16)25-2)23-13-6-5-12-22-18-10-3-4-11-21-18;/h3-4,7-11,14H,5-6,12-13,15H2,1-2H3,(H,21,22)(H2,20,23,24);1H. The topological polar surface area (TPSA) is 70.6 Å². The Morgan fingerprint density at radius 3 is 2.65 bits per heavy atom. The van der Waals surface area contributed by atoms with Gasteiger partial charge in [0.2, 0.25) is 0 Å². The number of methoxy groups -OCH3 is 1. The van der Waals surface area contributed by atoms with Crippen molar-refractivity contribution in [1.29, 1.82) is 0 Å². The highest BCUT2D eigenvalue weighted by molar-refractivity contribution is 14.0. The summed E-state index contributed by atoms with van der Waals surface area (Å²) in [6.45, 7) is 2.49. The quantitative estimate of drug-likeness (QED) is 0.228. The first kappa shape index (κ1) is 22.0. The average Bonchev–Trinajstić information content (AvgIpc) is 2.67. The van der Waals surface area contributed by atoms with Crippen LogP contribution in [-0.2, 0) is 6.54 Å². The van der Waals surface area contributed by atoms with Crippen molar-refractivity contribution in [3.63, 3.8) is 0 Å². The molecule has 2 rings (SSSR count). The van der Waals surface area contributed by atoms with Gasteiger partial charge < -0.3 is 20.7 Å². The molecule has 7 heteroatoms. The zero-order valence-electron chi connectivity index (χ0n) is 15.4. The van der Waals surface area contributed by atoms with Gasteiger partial charge in [-0.15, -0.1) is 24.0 Å². The molecule has 1 aromatic carbocycles. The van der Waals surface area contributed by atoms with Gasteiger partial charge in [0.15, 0.2) is 5.96 Å². The lowest BCUT2D eigenvalue weighted by Gasteiger charge is -2.12. The SMILES string of the molecule is CN=C(NCCCCNc1ccccn1)NCc1cccc(OC)c1.I. The van der Waals surface area contributed by atoms with Crippen LogP contribution in [0.3, 0.4) is 0 Å². The molecule has 0 unspecified atom stereocenters. The number of ether oxygens (including phenoxy) is 1. The molecule has 0 radical (unpaired) electrons. The Morgan fingerprint density at radius 2 is 1.92 bits per heavy atom. The van der Waals surface area contributed by atoms with Gasteiger partial charge in [-0.3, -0.25) is 4.99 Å². The second kappa shape index (κ2) is 13.2. The van der Waals surface area contributed by atoms with Crippen LogP contribution >= 0.6 is 24.0 Å². The molecule has 142 valence electrons. The minimum absolute atomic E-state index is 0. The molecular formula is C19H28IN5O. The maximum atomic E-state index is 5.24. The van der Waals surface area contributed by atoms with Gasteiger partial charge in [0.05, 0.1) is 7.11 Å². The van der Waals surface area contributed by atoms with Crippen molar-refractivity contribution in [3.8, 4) is 5.75 Å². The van der Waals surface area contributed by atoms with Crippen LogP contribution in [0.1, 0.15) is 18.4 Å². The Balaban J connectivity index is 0.00000338. The van der Waals surface area contributed by atoms with E-state index in [4.69, 9.17) is 4.74 Å². The van der Waals surface area contributed by atoms with Crippen LogP contribution in [0.5, 0.6) is 5.75 Å². The maximum absolute atomic E-state index is 5.24. The molecule has 0 atom stereocenters. The van der Waals surface area contributed by atoms with Crippen molar-refractivity contribution in [2.45, 2.75) is 19.4 Å². The van der Waals surface area contributed by atoms with Crippen molar-refractivity contribution >= 4 is 35.8 Å². The molecule has 26 heavy (non-hydrogen) atoms. The first-order chi connectivity index (χ1) is 12.3. The van der Waals surface area contributed by atoms with Crippen molar-refractivity contribution in [1.82, 2.24) is 15.6 Å². The first-order valence-corrected chi connectivity index (χ1v) is 8.54. The van der Waals surface area contributed by atoms with E-state index in [1.165, 1.54) is 0 Å². The normalized spacial score (nSPS) is 10.6. The smallest absolute Gasteiger partial charge is 0.191 e. The summed E-state index contributed by atoms with van der Waals surface area (Å²) < 4.78 is 5.24. The molecular weight excluding hydrogens is 441 g/mol. The average molecular weight is 469 g/mol. The van der Waals surface area contributed by atoms with Gasteiger partial charge in [0.25, 0.3) is 0 Å². The predicted octanol–water partition coefficient (Wildman–Crippen LogP) is 3.27. The van der Waals surface area contributed by atoms with Crippen LogP contribution in [0, 0.1) is 0 Å². The fourth-order valence-corrected chi connectivity index (χ4v) is 2.33. The predicted molar refractivity (Wildman–Crippen MR) is 119 cm³/mol. The molecule has 3 N–H and O–H groups in total. The molecule has 0 fully saturated rings. The van der Waals surface area contributed by atoms with E-state index in [0.29, 0.717) is 6.54 Å². The molecule has 0 saturated carbocycles. The first-order valence-electron chi connectivity index (χ1n) is 8.54.